The predicted octanol–water partition coefficient (Wildman–Crippen LogP) is 2.34. The molecule has 4 heterocycles. The van der Waals surface area contributed by atoms with Crippen molar-refractivity contribution >= 4 is 11.8 Å². The average molecular weight is 397 g/mol. The minimum Gasteiger partial charge on any atom is -0.361 e. The summed E-state index contributed by atoms with van der Waals surface area (Å²) in [6.07, 6.45) is 6.07. The molecule has 0 bridgehead atoms. The topological polar surface area (TPSA) is 92.4 Å². The molecule has 0 radical (unpaired) electrons. The van der Waals surface area contributed by atoms with E-state index < -0.39 is 0 Å². The van der Waals surface area contributed by atoms with Crippen LogP contribution in [0.1, 0.15) is 72.4 Å². The Hall–Kier alpha value is -2.77. The van der Waals surface area contributed by atoms with E-state index in [2.05, 4.69) is 17.1 Å². The second-order valence-corrected chi connectivity index (χ2v) is 7.89. The van der Waals surface area contributed by atoms with Gasteiger partial charge in [-0.1, -0.05) is 12.1 Å². The SMILES string of the molecule is CCCc1cc(C(=O)N2CCC(c3ncc4c(n3)CCN(C(C)=O)C4)CC2)no1. The van der Waals surface area contributed by atoms with Gasteiger partial charge in [0.05, 0.1) is 5.69 Å². The fourth-order valence-corrected chi connectivity index (χ4v) is 4.08. The number of hydrogen-bond acceptors (Lipinski definition) is 6. The van der Waals surface area contributed by atoms with Crippen molar-refractivity contribution in [3.05, 3.63) is 40.8 Å². The van der Waals surface area contributed by atoms with Crippen LogP contribution in [-0.2, 0) is 24.2 Å². The van der Waals surface area contributed by atoms with Crippen molar-refractivity contribution in [1.82, 2.24) is 24.9 Å². The second-order valence-electron chi connectivity index (χ2n) is 7.89. The lowest BCUT2D eigenvalue weighted by Gasteiger charge is -2.32. The molecule has 0 atom stereocenters. The summed E-state index contributed by atoms with van der Waals surface area (Å²) in [5.41, 5.74) is 2.49. The van der Waals surface area contributed by atoms with Crippen molar-refractivity contribution in [1.29, 1.82) is 0 Å². The lowest BCUT2D eigenvalue weighted by Crippen LogP contribution is -2.38. The summed E-state index contributed by atoms with van der Waals surface area (Å²) < 4.78 is 5.24. The first-order valence-corrected chi connectivity index (χ1v) is 10.4. The van der Waals surface area contributed by atoms with Crippen LogP contribution in [0.5, 0.6) is 0 Å². The molecule has 0 unspecified atom stereocenters. The molecular formula is C21H27N5O3. The summed E-state index contributed by atoms with van der Waals surface area (Å²) in [7, 11) is 0. The molecule has 2 aliphatic rings. The molecule has 1 saturated heterocycles. The van der Waals surface area contributed by atoms with Gasteiger partial charge in [-0.25, -0.2) is 9.97 Å². The molecule has 2 amide bonds. The summed E-state index contributed by atoms with van der Waals surface area (Å²) in [4.78, 5) is 37.3. The number of hydrogen-bond donors (Lipinski definition) is 0. The zero-order chi connectivity index (χ0) is 20.4. The Labute approximate surface area is 170 Å². The maximum atomic E-state index is 12.7. The van der Waals surface area contributed by atoms with Gasteiger partial charge in [0.15, 0.2) is 5.69 Å². The summed E-state index contributed by atoms with van der Waals surface area (Å²) in [5, 5.41) is 3.93. The molecule has 2 aromatic heterocycles. The van der Waals surface area contributed by atoms with Crippen LogP contribution in [-0.4, -0.2) is 56.4 Å². The standard InChI is InChI=1S/C21H27N5O3/c1-3-4-17-11-19(24-29-17)21(28)25-8-5-15(6-9-25)20-22-12-16-13-26(14(2)27)10-7-18(16)23-20/h11-12,15H,3-10,13H2,1-2H3. The Morgan fingerprint density at radius 3 is 2.72 bits per heavy atom. The predicted molar refractivity (Wildman–Crippen MR) is 105 cm³/mol. The van der Waals surface area contributed by atoms with Crippen molar-refractivity contribution in [3.63, 3.8) is 0 Å². The van der Waals surface area contributed by atoms with E-state index >= 15 is 0 Å². The number of rotatable bonds is 4. The highest BCUT2D eigenvalue weighted by atomic mass is 16.5. The maximum Gasteiger partial charge on any atom is 0.276 e. The zero-order valence-electron chi connectivity index (χ0n) is 17.1. The minimum atomic E-state index is -0.0646. The van der Waals surface area contributed by atoms with Crippen LogP contribution in [0.15, 0.2) is 16.8 Å². The van der Waals surface area contributed by atoms with Crippen LogP contribution < -0.4 is 0 Å². The van der Waals surface area contributed by atoms with Gasteiger partial charge in [-0.05, 0) is 19.3 Å². The number of aromatic nitrogens is 3. The Bertz CT molecular complexity index is 901. The van der Waals surface area contributed by atoms with Crippen LogP contribution in [0.4, 0.5) is 0 Å². The fourth-order valence-electron chi connectivity index (χ4n) is 4.08. The molecule has 1 fully saturated rings. The van der Waals surface area contributed by atoms with Gasteiger partial charge in [0, 0.05) is 69.7 Å². The van der Waals surface area contributed by atoms with Crippen LogP contribution in [0.25, 0.3) is 0 Å². The normalized spacial score (nSPS) is 17.3. The van der Waals surface area contributed by atoms with E-state index in [9.17, 15) is 9.59 Å². The van der Waals surface area contributed by atoms with E-state index in [0.29, 0.717) is 31.9 Å². The summed E-state index contributed by atoms with van der Waals surface area (Å²) >= 11 is 0. The molecule has 0 aromatic carbocycles. The third kappa shape index (κ3) is 4.16. The highest BCUT2D eigenvalue weighted by Gasteiger charge is 2.29. The molecule has 154 valence electrons. The maximum absolute atomic E-state index is 12.7. The van der Waals surface area contributed by atoms with Gasteiger partial charge in [-0.15, -0.1) is 0 Å². The van der Waals surface area contributed by atoms with E-state index in [1.165, 1.54) is 0 Å². The van der Waals surface area contributed by atoms with Gasteiger partial charge in [-0.2, -0.15) is 0 Å². The molecule has 0 N–H and O–H groups in total. The van der Waals surface area contributed by atoms with Crippen LogP contribution in [0.3, 0.4) is 0 Å². The van der Waals surface area contributed by atoms with Gasteiger partial charge in [-0.3, -0.25) is 9.59 Å². The van der Waals surface area contributed by atoms with Crippen molar-refractivity contribution in [3.8, 4) is 0 Å². The summed E-state index contributed by atoms with van der Waals surface area (Å²) in [6.45, 7) is 6.30. The molecule has 2 aromatic rings. The number of fused-ring (bicyclic) bond motifs is 1. The molecule has 8 heteroatoms. The molecule has 29 heavy (non-hydrogen) atoms. The van der Waals surface area contributed by atoms with Gasteiger partial charge in [0.1, 0.15) is 11.6 Å². The molecule has 4 rings (SSSR count). The molecule has 0 spiro atoms. The first kappa shape index (κ1) is 19.5. The quantitative estimate of drug-likeness (QED) is 0.786. The lowest BCUT2D eigenvalue weighted by molar-refractivity contribution is -0.129. The van der Waals surface area contributed by atoms with Crippen LogP contribution in [0, 0.1) is 0 Å². The highest BCUT2D eigenvalue weighted by Crippen LogP contribution is 2.28. The minimum absolute atomic E-state index is 0.0646. The first-order valence-electron chi connectivity index (χ1n) is 10.4. The number of carbonyl (C=O) groups is 2. The van der Waals surface area contributed by atoms with E-state index in [1.54, 1.807) is 13.0 Å². The molecule has 0 aliphatic carbocycles. The van der Waals surface area contributed by atoms with E-state index in [1.807, 2.05) is 16.0 Å². The number of amides is 2. The van der Waals surface area contributed by atoms with Gasteiger partial charge in [0.25, 0.3) is 5.91 Å². The summed E-state index contributed by atoms with van der Waals surface area (Å²) in [6, 6.07) is 1.76. The Balaban J connectivity index is 1.37. The highest BCUT2D eigenvalue weighted by molar-refractivity contribution is 5.92. The molecular weight excluding hydrogens is 370 g/mol. The van der Waals surface area contributed by atoms with E-state index in [0.717, 1.165) is 54.9 Å². The zero-order valence-corrected chi connectivity index (χ0v) is 17.1. The van der Waals surface area contributed by atoms with E-state index in [4.69, 9.17) is 9.51 Å². The largest absolute Gasteiger partial charge is 0.361 e. The number of likely N-dealkylation sites (tertiary alicyclic amines) is 1. The smallest absolute Gasteiger partial charge is 0.276 e. The number of aryl methyl sites for hydroxylation is 1. The Morgan fingerprint density at radius 1 is 1.21 bits per heavy atom. The number of piperidine rings is 1. The number of carbonyl (C=O) groups excluding carboxylic acids is 2. The van der Waals surface area contributed by atoms with Crippen molar-refractivity contribution in [2.75, 3.05) is 19.6 Å². The van der Waals surface area contributed by atoms with Gasteiger partial charge >= 0.3 is 0 Å². The third-order valence-corrected chi connectivity index (χ3v) is 5.82. The van der Waals surface area contributed by atoms with E-state index in [-0.39, 0.29) is 17.7 Å². The lowest BCUT2D eigenvalue weighted by atomic mass is 9.95. The van der Waals surface area contributed by atoms with Crippen LogP contribution in [0.2, 0.25) is 0 Å². The first-order chi connectivity index (χ1) is 14.0. The third-order valence-electron chi connectivity index (χ3n) is 5.82. The Morgan fingerprint density at radius 2 is 2.00 bits per heavy atom. The molecule has 2 aliphatic heterocycles. The van der Waals surface area contributed by atoms with Crippen molar-refractivity contribution in [2.24, 2.45) is 0 Å². The van der Waals surface area contributed by atoms with Crippen LogP contribution >= 0.6 is 0 Å². The number of nitrogens with zero attached hydrogens (tertiary/aromatic N) is 5. The molecule has 8 nitrogen and oxygen atoms in total. The van der Waals surface area contributed by atoms with Crippen molar-refractivity contribution in [2.45, 2.75) is 58.4 Å². The Kier molecular flexibility index (Phi) is 5.60. The fraction of sp³-hybridized carbons (Fsp3) is 0.571. The second kappa shape index (κ2) is 8.31. The average Bonchev–Trinajstić information content (AvgIpc) is 3.21. The van der Waals surface area contributed by atoms with Gasteiger partial charge in [0.2, 0.25) is 5.91 Å². The van der Waals surface area contributed by atoms with Crippen molar-refractivity contribution < 1.29 is 14.1 Å². The monoisotopic (exact) mass is 397 g/mol. The molecule has 0 saturated carbocycles. The summed E-state index contributed by atoms with van der Waals surface area (Å²) in [5.74, 6) is 1.90. The van der Waals surface area contributed by atoms with Gasteiger partial charge < -0.3 is 14.3 Å².